The maximum Gasteiger partial charge on any atom is 0.268 e. The summed E-state index contributed by atoms with van der Waals surface area (Å²) in [7, 11) is 0. The van der Waals surface area contributed by atoms with Crippen molar-refractivity contribution in [3.8, 4) is 0 Å². The number of halogens is 6. The molecule has 0 amide bonds. The van der Waals surface area contributed by atoms with Gasteiger partial charge in [-0.05, 0) is 37.1 Å². The molecular weight excluding hydrogens is 589 g/mol. The molecule has 2 aromatic carbocycles. The van der Waals surface area contributed by atoms with Crippen LogP contribution in [0.4, 0.5) is 0 Å². The van der Waals surface area contributed by atoms with Gasteiger partial charge in [0.15, 0.2) is 0 Å². The molecule has 0 N–H and O–H groups in total. The van der Waals surface area contributed by atoms with Gasteiger partial charge in [-0.2, -0.15) is 0 Å². The van der Waals surface area contributed by atoms with Gasteiger partial charge in [0.2, 0.25) is 11.8 Å². The van der Waals surface area contributed by atoms with Crippen molar-refractivity contribution in [2.45, 2.75) is 21.4 Å². The average molecular weight is 607 g/mol. The van der Waals surface area contributed by atoms with E-state index in [9.17, 15) is 0 Å². The van der Waals surface area contributed by atoms with Crippen molar-refractivity contribution in [1.82, 2.24) is 20.4 Å². The summed E-state index contributed by atoms with van der Waals surface area (Å²) in [6.07, 6.45) is 7.01. The summed E-state index contributed by atoms with van der Waals surface area (Å²) < 4.78 is 6.99. The molecule has 0 saturated carbocycles. The number of benzene rings is 2. The van der Waals surface area contributed by atoms with Gasteiger partial charge < -0.3 is 8.83 Å². The minimum atomic E-state index is -1.69. The summed E-state index contributed by atoms with van der Waals surface area (Å²) in [6.45, 7) is 4.05. The van der Waals surface area contributed by atoms with Gasteiger partial charge in [0.1, 0.15) is 0 Å². The Kier molecular flexibility index (Phi) is 9.86. The lowest BCUT2D eigenvalue weighted by Gasteiger charge is -2.01. The number of alkyl halides is 6. The fourth-order valence-electron chi connectivity index (χ4n) is 2.52. The molecule has 2 aromatic heterocycles. The van der Waals surface area contributed by atoms with Crippen molar-refractivity contribution in [3.63, 3.8) is 0 Å². The van der Waals surface area contributed by atoms with Gasteiger partial charge in [0.05, 0.1) is 0 Å². The minimum absolute atomic E-state index is 0.0453. The number of nitrogens with zero attached hydrogens (tertiary/aromatic N) is 4. The molecule has 4 aromatic rings. The lowest BCUT2D eigenvalue weighted by Crippen LogP contribution is -1.99. The maximum absolute atomic E-state index is 5.62. The summed E-state index contributed by atoms with van der Waals surface area (Å²) >= 11 is 33.7. The van der Waals surface area contributed by atoms with Gasteiger partial charge in [-0.3, -0.25) is 0 Å². The fraction of sp³-hybridized carbons (Fsp3) is 0.167. The predicted molar refractivity (Wildman–Crippen MR) is 147 cm³/mol. The molecular formula is C24H18Cl6N4O2. The van der Waals surface area contributed by atoms with Crippen LogP contribution in [0.5, 0.6) is 0 Å². The summed E-state index contributed by atoms with van der Waals surface area (Å²) in [5.41, 5.74) is 4.44. The molecule has 0 aliphatic heterocycles. The molecule has 0 unspecified atom stereocenters. The van der Waals surface area contributed by atoms with E-state index in [2.05, 4.69) is 20.4 Å². The quantitative estimate of drug-likeness (QED) is 0.216. The molecule has 0 atom stereocenters. The highest BCUT2D eigenvalue weighted by molar-refractivity contribution is 6.66. The van der Waals surface area contributed by atoms with Crippen LogP contribution in [0, 0.1) is 13.8 Å². The highest BCUT2D eigenvalue weighted by Gasteiger charge is 2.30. The van der Waals surface area contributed by atoms with Gasteiger partial charge in [-0.25, -0.2) is 0 Å². The third-order valence-corrected chi connectivity index (χ3v) is 5.33. The molecule has 0 aliphatic carbocycles. The molecule has 0 fully saturated rings. The van der Waals surface area contributed by atoms with Crippen LogP contribution in [0.1, 0.15) is 45.8 Å². The third-order valence-electron chi connectivity index (χ3n) is 4.36. The predicted octanol–water partition coefficient (Wildman–Crippen LogP) is 8.75. The first-order valence-corrected chi connectivity index (χ1v) is 12.5. The van der Waals surface area contributed by atoms with Crippen molar-refractivity contribution in [3.05, 3.63) is 94.3 Å². The average Bonchev–Trinajstić information content (AvgIpc) is 3.49. The second-order valence-corrected chi connectivity index (χ2v) is 11.9. The van der Waals surface area contributed by atoms with Crippen LogP contribution in [0.3, 0.4) is 0 Å². The topological polar surface area (TPSA) is 77.8 Å². The van der Waals surface area contributed by atoms with E-state index >= 15 is 0 Å². The van der Waals surface area contributed by atoms with E-state index < -0.39 is 7.59 Å². The largest absolute Gasteiger partial charge is 0.417 e. The van der Waals surface area contributed by atoms with E-state index in [1.54, 1.807) is 12.2 Å². The van der Waals surface area contributed by atoms with Crippen molar-refractivity contribution in [2.75, 3.05) is 0 Å². The molecule has 12 heteroatoms. The fourth-order valence-corrected chi connectivity index (χ4v) is 2.98. The first kappa shape index (κ1) is 28.5. The summed E-state index contributed by atoms with van der Waals surface area (Å²) in [4.78, 5) is 0. The SMILES string of the molecule is Cc1ccc(/C=C/c2nnc(C(Cl)(Cl)Cl)o2)cc1.Cc1ccc(/C=C/c2nnc(C(Cl)(Cl)Cl)o2)cc1. The van der Waals surface area contributed by atoms with E-state index in [-0.39, 0.29) is 23.6 Å². The Balaban J connectivity index is 0.000000201. The Morgan fingerprint density at radius 3 is 1.14 bits per heavy atom. The first-order chi connectivity index (χ1) is 16.9. The van der Waals surface area contributed by atoms with Crippen molar-refractivity contribution < 1.29 is 8.83 Å². The van der Waals surface area contributed by atoms with Crippen molar-refractivity contribution in [1.29, 1.82) is 0 Å². The van der Waals surface area contributed by atoms with E-state index in [1.807, 2.05) is 74.5 Å². The smallest absolute Gasteiger partial charge is 0.268 e. The van der Waals surface area contributed by atoms with Gasteiger partial charge in [0, 0.05) is 12.2 Å². The Labute approximate surface area is 237 Å². The molecule has 0 saturated heterocycles. The highest BCUT2D eigenvalue weighted by Crippen LogP contribution is 2.37. The number of rotatable bonds is 4. The summed E-state index contributed by atoms with van der Waals surface area (Å²) in [6, 6.07) is 16.0. The lowest BCUT2D eigenvalue weighted by molar-refractivity contribution is 0.493. The van der Waals surface area contributed by atoms with Gasteiger partial charge in [-0.1, -0.05) is 129 Å². The highest BCUT2D eigenvalue weighted by atomic mass is 35.6. The van der Waals surface area contributed by atoms with E-state index in [0.29, 0.717) is 0 Å². The summed E-state index contributed by atoms with van der Waals surface area (Å²) in [5, 5.41) is 14.8. The zero-order valence-electron chi connectivity index (χ0n) is 18.8. The second-order valence-electron chi connectivity index (χ2n) is 7.37. The number of aryl methyl sites for hydroxylation is 2. The second kappa shape index (κ2) is 12.5. The monoisotopic (exact) mass is 604 g/mol. The number of hydrogen-bond acceptors (Lipinski definition) is 6. The molecule has 4 rings (SSSR count). The van der Waals surface area contributed by atoms with Crippen LogP contribution in [-0.4, -0.2) is 20.4 Å². The zero-order valence-corrected chi connectivity index (χ0v) is 23.3. The Hall–Kier alpha value is -2.06. The van der Waals surface area contributed by atoms with Crippen molar-refractivity contribution >= 4 is 93.9 Å². The van der Waals surface area contributed by atoms with E-state index in [0.717, 1.165) is 11.1 Å². The Morgan fingerprint density at radius 2 is 0.861 bits per heavy atom. The van der Waals surface area contributed by atoms with Crippen LogP contribution < -0.4 is 0 Å². The summed E-state index contributed by atoms with van der Waals surface area (Å²) in [5.74, 6) is 0.487. The molecule has 0 spiro atoms. The number of aromatic nitrogens is 4. The Bertz CT molecular complexity index is 1210. The van der Waals surface area contributed by atoms with E-state index in [1.165, 1.54) is 11.1 Å². The molecule has 2 heterocycles. The molecule has 0 bridgehead atoms. The van der Waals surface area contributed by atoms with Crippen molar-refractivity contribution in [2.24, 2.45) is 0 Å². The standard InChI is InChI=1S/2C12H9Cl3N2O/c2*1-8-2-4-9(5-3-8)6-7-10-16-17-11(18-10)12(13,14)15/h2*2-7H,1H3/b2*7-6+. The first-order valence-electron chi connectivity index (χ1n) is 10.2. The molecule has 188 valence electrons. The van der Waals surface area contributed by atoms with Crippen LogP contribution in [0.15, 0.2) is 57.4 Å². The number of hydrogen-bond donors (Lipinski definition) is 0. The van der Waals surface area contributed by atoms with E-state index in [4.69, 9.17) is 78.4 Å². The van der Waals surface area contributed by atoms with Crippen LogP contribution in [0.2, 0.25) is 0 Å². The van der Waals surface area contributed by atoms with Crippen LogP contribution in [0.25, 0.3) is 24.3 Å². The van der Waals surface area contributed by atoms with Crippen LogP contribution >= 0.6 is 69.6 Å². The Morgan fingerprint density at radius 1 is 0.528 bits per heavy atom. The zero-order chi connectivity index (χ0) is 26.3. The van der Waals surface area contributed by atoms with Gasteiger partial charge in [0.25, 0.3) is 19.4 Å². The van der Waals surface area contributed by atoms with Crippen LogP contribution in [-0.2, 0) is 7.59 Å². The molecule has 6 nitrogen and oxygen atoms in total. The molecule has 0 radical (unpaired) electrons. The van der Waals surface area contributed by atoms with Gasteiger partial charge >= 0.3 is 0 Å². The lowest BCUT2D eigenvalue weighted by atomic mass is 10.1. The minimum Gasteiger partial charge on any atom is -0.417 e. The molecule has 0 aliphatic rings. The third kappa shape index (κ3) is 9.11. The molecule has 36 heavy (non-hydrogen) atoms. The van der Waals surface area contributed by atoms with Gasteiger partial charge in [-0.15, -0.1) is 20.4 Å². The maximum atomic E-state index is 5.62. The normalized spacial score (nSPS) is 12.2.